The Morgan fingerprint density at radius 2 is 2.07 bits per heavy atom. The van der Waals surface area contributed by atoms with E-state index in [4.69, 9.17) is 0 Å². The van der Waals surface area contributed by atoms with Gasteiger partial charge in [-0.25, -0.2) is 0 Å². The molecule has 1 aliphatic heterocycles. The third-order valence-corrected chi connectivity index (χ3v) is 3.06. The van der Waals surface area contributed by atoms with Crippen molar-refractivity contribution in [1.29, 1.82) is 0 Å². The lowest BCUT2D eigenvalue weighted by Gasteiger charge is -2.27. The van der Waals surface area contributed by atoms with Crippen LogP contribution in [0.4, 0.5) is 0 Å². The van der Waals surface area contributed by atoms with Crippen LogP contribution in [0.15, 0.2) is 30.3 Å². The summed E-state index contributed by atoms with van der Waals surface area (Å²) in [5.74, 6) is 0.311. The van der Waals surface area contributed by atoms with Crippen LogP contribution < -0.4 is 0 Å². The van der Waals surface area contributed by atoms with E-state index >= 15 is 0 Å². The van der Waals surface area contributed by atoms with Crippen LogP contribution in [0.25, 0.3) is 0 Å². The normalized spacial score (nSPS) is 18.2. The highest BCUT2D eigenvalue weighted by molar-refractivity contribution is 5.78. The first-order chi connectivity index (χ1) is 7.33. The van der Waals surface area contributed by atoms with Gasteiger partial charge in [0.2, 0.25) is 5.91 Å². The molecular weight excluding hydrogens is 186 g/mol. The molecule has 2 nitrogen and oxygen atoms in total. The molecule has 0 saturated carbocycles. The van der Waals surface area contributed by atoms with E-state index in [1.807, 2.05) is 23.1 Å². The van der Waals surface area contributed by atoms with E-state index in [9.17, 15) is 4.79 Å². The summed E-state index contributed by atoms with van der Waals surface area (Å²) in [4.78, 5) is 13.7. The van der Waals surface area contributed by atoms with Gasteiger partial charge in [0.25, 0.3) is 0 Å². The van der Waals surface area contributed by atoms with E-state index < -0.39 is 0 Å². The van der Waals surface area contributed by atoms with Crippen molar-refractivity contribution in [3.05, 3.63) is 35.9 Å². The van der Waals surface area contributed by atoms with Crippen molar-refractivity contribution in [2.45, 2.75) is 32.2 Å². The number of rotatable bonds is 3. The number of carbonyl (C=O) groups excluding carboxylic acids is 1. The molecule has 1 aromatic rings. The van der Waals surface area contributed by atoms with Crippen molar-refractivity contribution in [3.8, 4) is 0 Å². The molecule has 1 aromatic carbocycles. The number of carbonyl (C=O) groups is 1. The minimum atomic E-state index is 0.279. The summed E-state index contributed by atoms with van der Waals surface area (Å²) >= 11 is 0. The van der Waals surface area contributed by atoms with Gasteiger partial charge in [0.1, 0.15) is 0 Å². The number of hydrogen-bond donors (Lipinski definition) is 0. The van der Waals surface area contributed by atoms with Crippen molar-refractivity contribution in [3.63, 3.8) is 0 Å². The van der Waals surface area contributed by atoms with Gasteiger partial charge < -0.3 is 4.90 Å². The summed E-state index contributed by atoms with van der Waals surface area (Å²) in [5, 5.41) is 0. The Hall–Kier alpha value is -1.31. The largest absolute Gasteiger partial charge is 0.336 e. The van der Waals surface area contributed by atoms with Gasteiger partial charge in [-0.15, -0.1) is 0 Å². The summed E-state index contributed by atoms with van der Waals surface area (Å²) < 4.78 is 0. The molecule has 1 unspecified atom stereocenters. The van der Waals surface area contributed by atoms with Gasteiger partial charge in [-0.2, -0.15) is 0 Å². The first-order valence-electron chi connectivity index (χ1n) is 5.67. The Labute approximate surface area is 90.9 Å². The Balaban J connectivity index is 2.20. The molecule has 0 bridgehead atoms. The van der Waals surface area contributed by atoms with Crippen LogP contribution in [0.1, 0.15) is 37.8 Å². The third kappa shape index (κ3) is 2.04. The fourth-order valence-electron chi connectivity index (χ4n) is 2.31. The second-order valence-corrected chi connectivity index (χ2v) is 4.03. The lowest BCUT2D eigenvalue weighted by atomic mass is 10.0. The predicted octanol–water partition coefficient (Wildman–Crippen LogP) is 2.76. The molecule has 80 valence electrons. The van der Waals surface area contributed by atoms with Crippen molar-refractivity contribution in [1.82, 2.24) is 4.90 Å². The fourth-order valence-corrected chi connectivity index (χ4v) is 2.31. The molecule has 2 rings (SSSR count). The van der Waals surface area contributed by atoms with E-state index in [1.54, 1.807) is 0 Å². The van der Waals surface area contributed by atoms with Gasteiger partial charge in [-0.05, 0) is 18.4 Å². The fraction of sp³-hybridized carbons (Fsp3) is 0.462. The van der Waals surface area contributed by atoms with E-state index in [2.05, 4.69) is 19.1 Å². The maximum Gasteiger partial charge on any atom is 0.223 e. The van der Waals surface area contributed by atoms with Gasteiger partial charge in [0.05, 0.1) is 6.04 Å². The van der Waals surface area contributed by atoms with Crippen LogP contribution >= 0.6 is 0 Å². The van der Waals surface area contributed by atoms with Crippen molar-refractivity contribution in [2.75, 3.05) is 6.54 Å². The topological polar surface area (TPSA) is 20.3 Å². The predicted molar refractivity (Wildman–Crippen MR) is 60.4 cm³/mol. The lowest BCUT2D eigenvalue weighted by Crippen LogP contribution is -2.29. The molecule has 0 spiro atoms. The molecule has 1 fully saturated rings. The van der Waals surface area contributed by atoms with Crippen LogP contribution in [0.3, 0.4) is 0 Å². The van der Waals surface area contributed by atoms with Crippen molar-refractivity contribution >= 4 is 5.91 Å². The Kier molecular flexibility index (Phi) is 3.05. The summed E-state index contributed by atoms with van der Waals surface area (Å²) in [5.41, 5.74) is 1.26. The smallest absolute Gasteiger partial charge is 0.223 e. The second-order valence-electron chi connectivity index (χ2n) is 4.03. The van der Waals surface area contributed by atoms with Crippen LogP contribution in [0, 0.1) is 0 Å². The molecule has 0 N–H and O–H groups in total. The quantitative estimate of drug-likeness (QED) is 0.739. The lowest BCUT2D eigenvalue weighted by molar-refractivity contribution is -0.129. The highest BCUT2D eigenvalue weighted by Gasteiger charge is 2.27. The van der Waals surface area contributed by atoms with Crippen LogP contribution in [-0.4, -0.2) is 17.4 Å². The summed E-state index contributed by atoms with van der Waals surface area (Å²) in [6.45, 7) is 3.06. The van der Waals surface area contributed by atoms with Gasteiger partial charge >= 0.3 is 0 Å². The Bertz CT molecular complexity index is 334. The van der Waals surface area contributed by atoms with E-state index in [-0.39, 0.29) is 6.04 Å². The maximum absolute atomic E-state index is 11.7. The van der Waals surface area contributed by atoms with Crippen molar-refractivity contribution < 1.29 is 4.79 Å². The third-order valence-electron chi connectivity index (χ3n) is 3.06. The van der Waals surface area contributed by atoms with E-state index in [0.717, 1.165) is 25.8 Å². The molecular formula is C13H17NO. The standard InChI is InChI=1S/C13H17NO/c1-2-12(11-7-4-3-5-8-11)14-10-6-9-13(14)15/h3-5,7-8,12H,2,6,9-10H2,1H3. The second kappa shape index (κ2) is 4.47. The van der Waals surface area contributed by atoms with Crippen LogP contribution in [0.2, 0.25) is 0 Å². The summed E-state index contributed by atoms with van der Waals surface area (Å²) in [6, 6.07) is 10.6. The molecule has 1 saturated heterocycles. The molecule has 0 aromatic heterocycles. The Morgan fingerprint density at radius 3 is 2.60 bits per heavy atom. The molecule has 1 atom stereocenters. The maximum atomic E-state index is 11.7. The van der Waals surface area contributed by atoms with Crippen molar-refractivity contribution in [2.24, 2.45) is 0 Å². The zero-order valence-corrected chi connectivity index (χ0v) is 9.15. The highest BCUT2D eigenvalue weighted by Crippen LogP contribution is 2.28. The van der Waals surface area contributed by atoms with Gasteiger partial charge in [0, 0.05) is 13.0 Å². The average molecular weight is 203 g/mol. The first kappa shape index (κ1) is 10.2. The van der Waals surface area contributed by atoms with E-state index in [1.165, 1.54) is 5.56 Å². The monoisotopic (exact) mass is 203 g/mol. The van der Waals surface area contributed by atoms with Gasteiger partial charge in [0.15, 0.2) is 0 Å². The minimum absolute atomic E-state index is 0.279. The number of benzene rings is 1. The number of hydrogen-bond acceptors (Lipinski definition) is 1. The van der Waals surface area contributed by atoms with Gasteiger partial charge in [-0.3, -0.25) is 4.79 Å². The SMILES string of the molecule is CCC(c1ccccc1)N1CCCC1=O. The zero-order chi connectivity index (χ0) is 10.7. The number of nitrogens with zero attached hydrogens (tertiary/aromatic N) is 1. The van der Waals surface area contributed by atoms with Gasteiger partial charge in [-0.1, -0.05) is 37.3 Å². The minimum Gasteiger partial charge on any atom is -0.336 e. The Morgan fingerprint density at radius 1 is 1.33 bits per heavy atom. The zero-order valence-electron chi connectivity index (χ0n) is 9.15. The summed E-state index contributed by atoms with van der Waals surface area (Å²) in [7, 11) is 0. The van der Waals surface area contributed by atoms with Crippen LogP contribution in [-0.2, 0) is 4.79 Å². The molecule has 2 heteroatoms. The molecule has 1 amide bonds. The number of amides is 1. The number of likely N-dealkylation sites (tertiary alicyclic amines) is 1. The molecule has 1 aliphatic rings. The summed E-state index contributed by atoms with van der Waals surface area (Å²) in [6.07, 6.45) is 2.74. The molecule has 0 radical (unpaired) electrons. The molecule has 15 heavy (non-hydrogen) atoms. The average Bonchev–Trinajstić information content (AvgIpc) is 2.68. The molecule has 1 heterocycles. The first-order valence-corrected chi connectivity index (χ1v) is 5.67. The molecule has 0 aliphatic carbocycles. The highest BCUT2D eigenvalue weighted by atomic mass is 16.2. The van der Waals surface area contributed by atoms with Crippen LogP contribution in [0.5, 0.6) is 0 Å². The van der Waals surface area contributed by atoms with E-state index in [0.29, 0.717) is 5.91 Å².